The summed E-state index contributed by atoms with van der Waals surface area (Å²) in [6.45, 7) is 8.41. The zero-order valence-corrected chi connectivity index (χ0v) is 20.0. The van der Waals surface area contributed by atoms with Crippen LogP contribution in [0, 0.1) is 20.8 Å². The van der Waals surface area contributed by atoms with Crippen LogP contribution in [-0.4, -0.2) is 18.4 Å². The van der Waals surface area contributed by atoms with E-state index in [0.717, 1.165) is 27.3 Å². The molecule has 2 amide bonds. The summed E-state index contributed by atoms with van der Waals surface area (Å²) in [6, 6.07) is 21.0. The predicted molar refractivity (Wildman–Crippen MR) is 134 cm³/mol. The zero-order valence-electron chi connectivity index (χ0n) is 19.1. The van der Waals surface area contributed by atoms with Crippen molar-refractivity contribution in [3.63, 3.8) is 0 Å². The van der Waals surface area contributed by atoms with Crippen molar-refractivity contribution < 1.29 is 14.3 Å². The summed E-state index contributed by atoms with van der Waals surface area (Å²) in [6.07, 6.45) is 0. The highest BCUT2D eigenvalue weighted by molar-refractivity contribution is 8.04. The smallest absolute Gasteiger partial charge is 0.283 e. The summed E-state index contributed by atoms with van der Waals surface area (Å²) in [4.78, 5) is 29.6. The summed E-state index contributed by atoms with van der Waals surface area (Å²) in [5.74, 6) is 0.0541. The van der Waals surface area contributed by atoms with Gasteiger partial charge in [0.15, 0.2) is 0 Å². The van der Waals surface area contributed by atoms with E-state index in [1.165, 1.54) is 16.7 Å². The fourth-order valence-corrected chi connectivity index (χ4v) is 4.59. The molecule has 1 heterocycles. The molecule has 0 aliphatic carbocycles. The van der Waals surface area contributed by atoms with Crippen molar-refractivity contribution in [2.45, 2.75) is 32.6 Å². The van der Waals surface area contributed by atoms with Gasteiger partial charge in [-0.3, -0.25) is 9.59 Å². The number of nitrogens with one attached hydrogen (secondary N) is 1. The highest BCUT2D eigenvalue weighted by Crippen LogP contribution is 2.39. The molecule has 168 valence electrons. The fraction of sp³-hybridized carbons (Fsp3) is 0.185. The number of amides is 2. The van der Waals surface area contributed by atoms with Crippen molar-refractivity contribution in [2.24, 2.45) is 0 Å². The van der Waals surface area contributed by atoms with Crippen LogP contribution < -0.4 is 15.0 Å². The first kappa shape index (κ1) is 22.7. The quantitative estimate of drug-likeness (QED) is 0.440. The van der Waals surface area contributed by atoms with Crippen LogP contribution in [0.1, 0.15) is 23.6 Å². The van der Waals surface area contributed by atoms with E-state index >= 15 is 0 Å². The molecule has 0 saturated carbocycles. The molecule has 0 saturated heterocycles. The number of ether oxygens (including phenoxy) is 1. The van der Waals surface area contributed by atoms with Crippen LogP contribution in [0.25, 0.3) is 0 Å². The minimum absolute atomic E-state index is 0.273. The molecule has 0 unspecified atom stereocenters. The van der Waals surface area contributed by atoms with E-state index in [9.17, 15) is 9.59 Å². The van der Waals surface area contributed by atoms with Crippen LogP contribution in [0.3, 0.4) is 0 Å². The first-order chi connectivity index (χ1) is 15.9. The SMILES string of the molecule is CCOc1ccc(NC2=C(Sc3ccc(C)cc3)C(=O)N(c3ccc(C)cc3C)C2=O)cc1. The summed E-state index contributed by atoms with van der Waals surface area (Å²) >= 11 is 1.30. The van der Waals surface area contributed by atoms with Gasteiger partial charge in [0.2, 0.25) is 0 Å². The van der Waals surface area contributed by atoms with Crippen LogP contribution in [0.15, 0.2) is 82.2 Å². The number of carbonyl (C=O) groups excluding carboxylic acids is 2. The number of rotatable bonds is 7. The van der Waals surface area contributed by atoms with Gasteiger partial charge in [-0.1, -0.05) is 47.2 Å². The number of benzene rings is 3. The first-order valence-corrected chi connectivity index (χ1v) is 11.6. The number of hydrogen-bond acceptors (Lipinski definition) is 5. The molecular weight excluding hydrogens is 432 g/mol. The standard InChI is InChI=1S/C27H26N2O3S/c1-5-32-21-11-9-20(10-12-21)28-24-25(33-22-13-6-17(2)7-14-22)27(31)29(26(24)30)23-15-8-18(3)16-19(23)4/h6-16,28H,5H2,1-4H3. The van der Waals surface area contributed by atoms with Crippen LogP contribution in [0.2, 0.25) is 0 Å². The monoisotopic (exact) mass is 458 g/mol. The molecule has 4 rings (SSSR count). The number of imide groups is 1. The largest absolute Gasteiger partial charge is 0.494 e. The van der Waals surface area contributed by atoms with Crippen molar-refractivity contribution in [2.75, 3.05) is 16.8 Å². The lowest BCUT2D eigenvalue weighted by molar-refractivity contribution is -0.120. The van der Waals surface area contributed by atoms with E-state index in [4.69, 9.17) is 4.74 Å². The minimum atomic E-state index is -0.365. The van der Waals surface area contributed by atoms with Gasteiger partial charge in [0.25, 0.3) is 11.8 Å². The number of nitrogens with zero attached hydrogens (tertiary/aromatic N) is 1. The molecule has 1 aliphatic heterocycles. The molecule has 1 N–H and O–H groups in total. The van der Waals surface area contributed by atoms with Crippen LogP contribution in [0.4, 0.5) is 11.4 Å². The lowest BCUT2D eigenvalue weighted by Gasteiger charge is -2.18. The summed E-state index contributed by atoms with van der Waals surface area (Å²) in [5, 5.41) is 3.19. The van der Waals surface area contributed by atoms with Crippen LogP contribution in [0.5, 0.6) is 5.75 Å². The van der Waals surface area contributed by atoms with Gasteiger partial charge in [0, 0.05) is 10.6 Å². The van der Waals surface area contributed by atoms with Gasteiger partial charge in [0.1, 0.15) is 16.4 Å². The Morgan fingerprint density at radius 3 is 2.15 bits per heavy atom. The molecule has 0 spiro atoms. The Kier molecular flexibility index (Phi) is 6.56. The Balaban J connectivity index is 1.72. The Bertz CT molecular complexity index is 1230. The average Bonchev–Trinajstić information content (AvgIpc) is 3.01. The van der Waals surface area contributed by atoms with Gasteiger partial charge in [-0.2, -0.15) is 0 Å². The van der Waals surface area contributed by atoms with E-state index < -0.39 is 0 Å². The Morgan fingerprint density at radius 1 is 0.848 bits per heavy atom. The second-order valence-corrected chi connectivity index (χ2v) is 9.02. The lowest BCUT2D eigenvalue weighted by Crippen LogP contribution is -2.33. The molecule has 33 heavy (non-hydrogen) atoms. The molecule has 0 fully saturated rings. The normalized spacial score (nSPS) is 13.6. The molecule has 0 atom stereocenters. The fourth-order valence-electron chi connectivity index (χ4n) is 3.66. The lowest BCUT2D eigenvalue weighted by atomic mass is 10.1. The molecule has 3 aromatic rings. The van der Waals surface area contributed by atoms with Gasteiger partial charge in [0.05, 0.1) is 12.3 Å². The number of hydrogen-bond donors (Lipinski definition) is 1. The summed E-state index contributed by atoms with van der Waals surface area (Å²) < 4.78 is 5.50. The molecule has 0 bridgehead atoms. The van der Waals surface area contributed by atoms with Crippen LogP contribution >= 0.6 is 11.8 Å². The number of thioether (sulfide) groups is 1. The molecule has 0 aromatic heterocycles. The third kappa shape index (κ3) is 4.81. The third-order valence-electron chi connectivity index (χ3n) is 5.31. The van der Waals surface area contributed by atoms with E-state index in [-0.39, 0.29) is 17.5 Å². The first-order valence-electron chi connectivity index (χ1n) is 10.8. The van der Waals surface area contributed by atoms with Crippen LogP contribution in [-0.2, 0) is 9.59 Å². The van der Waals surface area contributed by atoms with Gasteiger partial charge in [-0.25, -0.2) is 4.90 Å². The van der Waals surface area contributed by atoms with Crippen molar-refractivity contribution in [3.05, 3.63) is 94.0 Å². The molecule has 5 nitrogen and oxygen atoms in total. The highest BCUT2D eigenvalue weighted by Gasteiger charge is 2.40. The van der Waals surface area contributed by atoms with Gasteiger partial charge >= 0.3 is 0 Å². The van der Waals surface area contributed by atoms with Gasteiger partial charge < -0.3 is 10.1 Å². The predicted octanol–water partition coefficient (Wildman–Crippen LogP) is 6.00. The minimum Gasteiger partial charge on any atom is -0.494 e. The third-order valence-corrected chi connectivity index (χ3v) is 6.40. The molecule has 0 radical (unpaired) electrons. The topological polar surface area (TPSA) is 58.6 Å². The van der Waals surface area contributed by atoms with Gasteiger partial charge in [-0.15, -0.1) is 0 Å². The Labute approximate surface area is 198 Å². The maximum absolute atomic E-state index is 13.5. The van der Waals surface area contributed by atoms with E-state index in [1.807, 2.05) is 94.4 Å². The molecule has 3 aromatic carbocycles. The summed E-state index contributed by atoms with van der Waals surface area (Å²) in [5.41, 5.74) is 4.66. The van der Waals surface area contributed by atoms with Crippen molar-refractivity contribution in [1.29, 1.82) is 0 Å². The summed E-state index contributed by atoms with van der Waals surface area (Å²) in [7, 11) is 0. The van der Waals surface area contributed by atoms with E-state index in [0.29, 0.717) is 22.9 Å². The Morgan fingerprint density at radius 2 is 1.52 bits per heavy atom. The number of aryl methyl sites for hydroxylation is 3. The van der Waals surface area contributed by atoms with Crippen molar-refractivity contribution in [1.82, 2.24) is 0 Å². The van der Waals surface area contributed by atoms with E-state index in [1.54, 1.807) is 0 Å². The van der Waals surface area contributed by atoms with Crippen molar-refractivity contribution >= 4 is 35.0 Å². The molecule has 1 aliphatic rings. The maximum atomic E-state index is 13.5. The van der Waals surface area contributed by atoms with Crippen molar-refractivity contribution in [3.8, 4) is 5.75 Å². The molecule has 6 heteroatoms. The molecular formula is C27H26N2O3S. The Hall–Kier alpha value is -3.51. The number of anilines is 2. The average molecular weight is 459 g/mol. The second kappa shape index (κ2) is 9.55. The zero-order chi connectivity index (χ0) is 23.5. The highest BCUT2D eigenvalue weighted by atomic mass is 32.2. The number of carbonyl (C=O) groups is 2. The second-order valence-electron chi connectivity index (χ2n) is 7.94. The van der Waals surface area contributed by atoms with Gasteiger partial charge in [-0.05, 0) is 75.7 Å². The van der Waals surface area contributed by atoms with E-state index in [2.05, 4.69) is 5.32 Å². The maximum Gasteiger partial charge on any atom is 0.283 e.